The van der Waals surface area contributed by atoms with Crippen LogP contribution >= 0.6 is 0 Å². The Morgan fingerprint density at radius 2 is 1.12 bits per heavy atom. The van der Waals surface area contributed by atoms with E-state index in [9.17, 15) is 0 Å². The number of anilines is 3. The number of hydrogen-bond donors (Lipinski definition) is 0. The molecule has 0 spiro atoms. The molecule has 4 nitrogen and oxygen atoms in total. The van der Waals surface area contributed by atoms with Gasteiger partial charge in [0.05, 0.1) is 22.4 Å². The quantitative estimate of drug-likeness (QED) is 0.179. The number of aromatic nitrogens is 2. The molecular formula is C47H31N3O. The lowest BCUT2D eigenvalue weighted by molar-refractivity contribution is 0.620. The molecule has 0 aliphatic rings. The Balaban J connectivity index is 1.31. The summed E-state index contributed by atoms with van der Waals surface area (Å²) < 4.78 is 9.12. The number of hydrogen-bond acceptors (Lipinski definition) is 3. The lowest BCUT2D eigenvalue weighted by atomic mass is 10.0. The first kappa shape index (κ1) is 29.0. The second-order valence-electron chi connectivity index (χ2n) is 12.8. The fourth-order valence-electron chi connectivity index (χ4n) is 7.49. The normalized spacial score (nSPS) is 11.5. The number of para-hydroxylation sites is 3. The van der Waals surface area contributed by atoms with Crippen LogP contribution in [0.15, 0.2) is 192 Å². The van der Waals surface area contributed by atoms with Gasteiger partial charge in [-0.3, -0.25) is 0 Å². The van der Waals surface area contributed by atoms with Crippen LogP contribution in [0.3, 0.4) is 0 Å². The molecule has 0 saturated heterocycles. The molecule has 0 saturated carbocycles. The molecule has 240 valence electrons. The summed E-state index contributed by atoms with van der Waals surface area (Å²) in [6.07, 6.45) is 0. The van der Waals surface area contributed by atoms with E-state index in [2.05, 4.69) is 161 Å². The Morgan fingerprint density at radius 3 is 1.88 bits per heavy atom. The van der Waals surface area contributed by atoms with Crippen molar-refractivity contribution in [1.29, 1.82) is 0 Å². The Morgan fingerprint density at radius 1 is 0.490 bits per heavy atom. The van der Waals surface area contributed by atoms with E-state index in [0.29, 0.717) is 5.89 Å². The summed E-state index contributed by atoms with van der Waals surface area (Å²) in [6, 6.07) is 66.2. The highest BCUT2D eigenvalue weighted by atomic mass is 16.3. The highest BCUT2D eigenvalue weighted by molar-refractivity contribution is 6.25. The van der Waals surface area contributed by atoms with Crippen molar-refractivity contribution >= 4 is 60.7 Å². The second-order valence-corrected chi connectivity index (χ2v) is 12.8. The van der Waals surface area contributed by atoms with E-state index >= 15 is 0 Å². The van der Waals surface area contributed by atoms with Crippen LogP contribution in [0.25, 0.3) is 71.9 Å². The van der Waals surface area contributed by atoms with E-state index in [1.54, 1.807) is 0 Å². The van der Waals surface area contributed by atoms with Crippen LogP contribution in [-0.2, 0) is 0 Å². The molecule has 0 aliphatic heterocycles. The molecule has 0 fully saturated rings. The van der Waals surface area contributed by atoms with E-state index in [4.69, 9.17) is 9.40 Å². The Kier molecular flexibility index (Phi) is 6.78. The molecule has 4 heteroatoms. The molecule has 10 rings (SSSR count). The Bertz CT molecular complexity index is 2840. The lowest BCUT2D eigenvalue weighted by Crippen LogP contribution is -2.11. The third kappa shape index (κ3) is 4.80. The summed E-state index contributed by atoms with van der Waals surface area (Å²) in [4.78, 5) is 7.33. The van der Waals surface area contributed by atoms with Gasteiger partial charge in [-0.15, -0.1) is 0 Å². The van der Waals surface area contributed by atoms with Crippen LogP contribution in [0.5, 0.6) is 0 Å². The maximum atomic E-state index is 6.71. The van der Waals surface area contributed by atoms with E-state index in [-0.39, 0.29) is 0 Å². The minimum atomic E-state index is 0.599. The predicted molar refractivity (Wildman–Crippen MR) is 211 cm³/mol. The third-order valence-electron chi connectivity index (χ3n) is 9.78. The zero-order chi connectivity index (χ0) is 33.7. The summed E-state index contributed by atoms with van der Waals surface area (Å²) in [5.41, 5.74) is 11.3. The van der Waals surface area contributed by atoms with Gasteiger partial charge in [0.15, 0.2) is 5.58 Å². The highest BCUT2D eigenvalue weighted by Crippen LogP contribution is 2.48. The molecule has 10 aromatic rings. The summed E-state index contributed by atoms with van der Waals surface area (Å²) in [6.45, 7) is 0. The highest BCUT2D eigenvalue weighted by Gasteiger charge is 2.26. The fraction of sp³-hybridized carbons (Fsp3) is 0. The number of rotatable bonds is 6. The predicted octanol–water partition coefficient (Wildman–Crippen LogP) is 12.9. The van der Waals surface area contributed by atoms with Crippen LogP contribution in [0.1, 0.15) is 0 Å². The fourth-order valence-corrected chi connectivity index (χ4v) is 7.49. The molecule has 0 bridgehead atoms. The van der Waals surface area contributed by atoms with Crippen LogP contribution in [0.2, 0.25) is 0 Å². The minimum absolute atomic E-state index is 0.599. The summed E-state index contributed by atoms with van der Waals surface area (Å²) in [7, 11) is 0. The number of nitrogens with zero attached hydrogens (tertiary/aromatic N) is 3. The van der Waals surface area contributed by atoms with E-state index in [0.717, 1.165) is 61.4 Å². The average Bonchev–Trinajstić information content (AvgIpc) is 3.80. The first-order valence-corrected chi connectivity index (χ1v) is 17.2. The summed E-state index contributed by atoms with van der Waals surface area (Å²) in [5, 5.41) is 4.69. The van der Waals surface area contributed by atoms with Gasteiger partial charge in [0.1, 0.15) is 5.52 Å². The molecular weight excluding hydrogens is 623 g/mol. The van der Waals surface area contributed by atoms with Gasteiger partial charge < -0.3 is 13.9 Å². The smallest absolute Gasteiger partial charge is 0.227 e. The minimum Gasteiger partial charge on any atom is -0.434 e. The second kappa shape index (κ2) is 11.9. The molecule has 0 amide bonds. The monoisotopic (exact) mass is 653 g/mol. The first-order valence-electron chi connectivity index (χ1n) is 17.2. The van der Waals surface area contributed by atoms with Crippen LogP contribution < -0.4 is 4.90 Å². The van der Waals surface area contributed by atoms with Crippen molar-refractivity contribution < 1.29 is 4.42 Å². The van der Waals surface area contributed by atoms with Crippen molar-refractivity contribution in [2.24, 2.45) is 0 Å². The summed E-state index contributed by atoms with van der Waals surface area (Å²) in [5.74, 6) is 0.599. The number of oxazole rings is 1. The van der Waals surface area contributed by atoms with Gasteiger partial charge in [0.25, 0.3) is 0 Å². The van der Waals surface area contributed by atoms with E-state index in [1.165, 1.54) is 21.7 Å². The topological polar surface area (TPSA) is 34.2 Å². The average molecular weight is 654 g/mol. The van der Waals surface area contributed by atoms with Crippen LogP contribution in [0.4, 0.5) is 17.1 Å². The standard InChI is InChI=1S/C47H31N3O/c1-4-15-32(16-5-1)33-27-29-37(30-28-33)49(42-26-14-24-40-46(42)51-47(48-40)34-17-6-2-7-18-34)43-31-35-19-10-11-22-38(35)45-44(43)39-23-12-13-25-41(39)50(45)36-20-8-3-9-21-36/h1-31H. The lowest BCUT2D eigenvalue weighted by Gasteiger charge is -2.27. The van der Waals surface area contributed by atoms with Crippen molar-refractivity contribution in [3.8, 4) is 28.3 Å². The zero-order valence-corrected chi connectivity index (χ0v) is 27.6. The molecule has 51 heavy (non-hydrogen) atoms. The first-order chi connectivity index (χ1) is 25.3. The van der Waals surface area contributed by atoms with Crippen molar-refractivity contribution in [3.63, 3.8) is 0 Å². The van der Waals surface area contributed by atoms with Gasteiger partial charge in [-0.25, -0.2) is 4.98 Å². The molecule has 0 unspecified atom stereocenters. The van der Waals surface area contributed by atoms with Gasteiger partial charge in [-0.05, 0) is 77.2 Å². The Hall–Kier alpha value is -6.91. The van der Waals surface area contributed by atoms with Crippen molar-refractivity contribution in [2.45, 2.75) is 0 Å². The van der Waals surface area contributed by atoms with Crippen LogP contribution in [-0.4, -0.2) is 9.55 Å². The Labute approximate surface area is 295 Å². The van der Waals surface area contributed by atoms with E-state index in [1.807, 2.05) is 36.4 Å². The number of fused-ring (bicyclic) bond motifs is 6. The van der Waals surface area contributed by atoms with Crippen molar-refractivity contribution in [3.05, 3.63) is 188 Å². The van der Waals surface area contributed by atoms with Gasteiger partial charge in [0, 0.05) is 33.1 Å². The van der Waals surface area contributed by atoms with Gasteiger partial charge in [0.2, 0.25) is 5.89 Å². The van der Waals surface area contributed by atoms with Gasteiger partial charge >= 0.3 is 0 Å². The van der Waals surface area contributed by atoms with Crippen molar-refractivity contribution in [1.82, 2.24) is 9.55 Å². The molecule has 0 aliphatic carbocycles. The molecule has 8 aromatic carbocycles. The SMILES string of the molecule is c1ccc(-c2ccc(N(c3cccc4nc(-c5ccccc5)oc34)c3cc4ccccc4c4c3c3ccccc3n4-c3ccccc3)cc2)cc1. The molecule has 0 atom stereocenters. The molecule has 0 radical (unpaired) electrons. The van der Waals surface area contributed by atoms with Crippen LogP contribution in [0, 0.1) is 0 Å². The zero-order valence-electron chi connectivity index (χ0n) is 27.6. The maximum absolute atomic E-state index is 6.71. The van der Waals surface area contributed by atoms with Gasteiger partial charge in [-0.2, -0.15) is 0 Å². The molecule has 2 aromatic heterocycles. The largest absolute Gasteiger partial charge is 0.434 e. The van der Waals surface area contributed by atoms with Crippen molar-refractivity contribution in [2.75, 3.05) is 4.90 Å². The third-order valence-corrected chi connectivity index (χ3v) is 9.78. The molecule has 2 heterocycles. The van der Waals surface area contributed by atoms with E-state index < -0.39 is 0 Å². The maximum Gasteiger partial charge on any atom is 0.227 e. The summed E-state index contributed by atoms with van der Waals surface area (Å²) >= 11 is 0. The number of benzene rings is 8. The molecule has 0 N–H and O–H groups in total. The van der Waals surface area contributed by atoms with Gasteiger partial charge in [-0.1, -0.05) is 127 Å².